The van der Waals surface area contributed by atoms with Gasteiger partial charge in [0.25, 0.3) is 0 Å². The number of nitrogens with one attached hydrogen (secondary N) is 1. The molecule has 3 nitrogen and oxygen atoms in total. The fourth-order valence-electron chi connectivity index (χ4n) is 2.21. The van der Waals surface area contributed by atoms with E-state index in [1.807, 2.05) is 24.3 Å². The average Bonchev–Trinajstić information content (AvgIpc) is 2.41. The first kappa shape index (κ1) is 14.7. The van der Waals surface area contributed by atoms with Gasteiger partial charge in [0.15, 0.2) is 0 Å². The Hall–Kier alpha value is -0.710. The Morgan fingerprint density at radius 2 is 2.00 bits per heavy atom. The number of rotatable bonds is 4. The Balaban J connectivity index is 1.76. The molecule has 0 heterocycles. The largest absolute Gasteiger partial charge is 0.391 e. The molecule has 1 aromatic rings. The number of amides is 1. The lowest BCUT2D eigenvalue weighted by Crippen LogP contribution is -2.45. The number of aliphatic hydroxyl groups is 1. The Labute approximate surface area is 122 Å². The zero-order valence-corrected chi connectivity index (χ0v) is 12.2. The van der Waals surface area contributed by atoms with Crippen LogP contribution in [0.5, 0.6) is 0 Å². The molecule has 104 valence electrons. The van der Waals surface area contributed by atoms with Gasteiger partial charge in [-0.15, -0.1) is 11.8 Å². The fourth-order valence-corrected chi connectivity index (χ4v) is 3.04. The van der Waals surface area contributed by atoms with Crippen LogP contribution in [0.2, 0.25) is 5.02 Å². The smallest absolute Gasteiger partial charge is 0.230 e. The van der Waals surface area contributed by atoms with E-state index in [9.17, 15) is 9.90 Å². The fraction of sp³-hybridized carbons (Fsp3) is 0.500. The van der Waals surface area contributed by atoms with Gasteiger partial charge in [0.2, 0.25) is 5.91 Å². The molecule has 19 heavy (non-hydrogen) atoms. The van der Waals surface area contributed by atoms with Gasteiger partial charge >= 0.3 is 0 Å². The molecule has 0 aliphatic heterocycles. The lowest BCUT2D eigenvalue weighted by Gasteiger charge is -2.28. The van der Waals surface area contributed by atoms with Crippen LogP contribution in [0.15, 0.2) is 29.2 Å². The minimum absolute atomic E-state index is 0.0223. The van der Waals surface area contributed by atoms with Crippen molar-refractivity contribution in [1.82, 2.24) is 5.32 Å². The summed E-state index contributed by atoms with van der Waals surface area (Å²) in [5, 5.41) is 13.4. The summed E-state index contributed by atoms with van der Waals surface area (Å²) in [6, 6.07) is 7.34. The lowest BCUT2D eigenvalue weighted by atomic mass is 9.93. The van der Waals surface area contributed by atoms with E-state index in [0.717, 1.165) is 30.6 Å². The minimum Gasteiger partial charge on any atom is -0.391 e. The minimum atomic E-state index is -0.391. The molecule has 2 N–H and O–H groups in total. The van der Waals surface area contributed by atoms with Gasteiger partial charge in [0, 0.05) is 9.92 Å². The summed E-state index contributed by atoms with van der Waals surface area (Å²) in [4.78, 5) is 12.8. The highest BCUT2D eigenvalue weighted by Gasteiger charge is 2.24. The first-order chi connectivity index (χ1) is 9.15. The zero-order chi connectivity index (χ0) is 13.7. The van der Waals surface area contributed by atoms with Crippen molar-refractivity contribution in [3.8, 4) is 0 Å². The lowest BCUT2D eigenvalue weighted by molar-refractivity contribution is -0.120. The number of halogens is 1. The number of thioether (sulfide) groups is 1. The number of hydrogen-bond acceptors (Lipinski definition) is 3. The average molecular weight is 300 g/mol. The number of carbonyl (C=O) groups is 1. The molecule has 1 fully saturated rings. The van der Waals surface area contributed by atoms with Gasteiger partial charge in [-0.05, 0) is 37.1 Å². The molecule has 1 aliphatic carbocycles. The summed E-state index contributed by atoms with van der Waals surface area (Å²) >= 11 is 7.28. The van der Waals surface area contributed by atoms with Crippen molar-refractivity contribution in [1.29, 1.82) is 0 Å². The Bertz CT molecular complexity index is 424. The van der Waals surface area contributed by atoms with Crippen LogP contribution >= 0.6 is 23.4 Å². The van der Waals surface area contributed by atoms with E-state index in [4.69, 9.17) is 11.6 Å². The van der Waals surface area contributed by atoms with E-state index in [-0.39, 0.29) is 11.9 Å². The van der Waals surface area contributed by atoms with Gasteiger partial charge in [0.1, 0.15) is 0 Å². The van der Waals surface area contributed by atoms with Crippen LogP contribution in [-0.2, 0) is 4.79 Å². The summed E-state index contributed by atoms with van der Waals surface area (Å²) in [7, 11) is 0. The van der Waals surface area contributed by atoms with Crippen LogP contribution in [0.25, 0.3) is 0 Å². The Morgan fingerprint density at radius 1 is 1.32 bits per heavy atom. The van der Waals surface area contributed by atoms with E-state index in [1.165, 1.54) is 11.8 Å². The second kappa shape index (κ2) is 7.17. The van der Waals surface area contributed by atoms with Gasteiger partial charge < -0.3 is 10.4 Å². The topological polar surface area (TPSA) is 49.3 Å². The van der Waals surface area contributed by atoms with Crippen molar-refractivity contribution in [2.45, 2.75) is 42.7 Å². The Kier molecular flexibility index (Phi) is 5.55. The molecular weight excluding hydrogens is 282 g/mol. The normalized spacial score (nSPS) is 23.1. The van der Waals surface area contributed by atoms with Gasteiger partial charge in [-0.25, -0.2) is 0 Å². The van der Waals surface area contributed by atoms with Crippen LogP contribution in [-0.4, -0.2) is 28.9 Å². The highest BCUT2D eigenvalue weighted by Crippen LogP contribution is 2.21. The molecule has 0 bridgehead atoms. The second-order valence-corrected chi connectivity index (χ2v) is 6.25. The van der Waals surface area contributed by atoms with Gasteiger partial charge in [0.05, 0.1) is 17.9 Å². The predicted molar refractivity (Wildman–Crippen MR) is 78.6 cm³/mol. The quantitative estimate of drug-likeness (QED) is 0.841. The number of aliphatic hydroxyl groups excluding tert-OH is 1. The molecule has 0 saturated heterocycles. The SMILES string of the molecule is O=C(CSc1ccc(Cl)cc1)NC1CCCCC1O. The summed E-state index contributed by atoms with van der Waals surface area (Å²) < 4.78 is 0. The van der Waals surface area contributed by atoms with Crippen molar-refractivity contribution >= 4 is 29.3 Å². The molecule has 0 radical (unpaired) electrons. The molecule has 1 aliphatic rings. The van der Waals surface area contributed by atoms with Crippen molar-refractivity contribution < 1.29 is 9.90 Å². The van der Waals surface area contributed by atoms with Crippen LogP contribution in [0.4, 0.5) is 0 Å². The van der Waals surface area contributed by atoms with Crippen LogP contribution < -0.4 is 5.32 Å². The monoisotopic (exact) mass is 299 g/mol. The van der Waals surface area contributed by atoms with Crippen molar-refractivity contribution in [3.63, 3.8) is 0 Å². The number of hydrogen-bond donors (Lipinski definition) is 2. The third-order valence-corrected chi connectivity index (χ3v) is 4.52. The third kappa shape index (κ3) is 4.71. The van der Waals surface area contributed by atoms with Crippen molar-refractivity contribution in [2.75, 3.05) is 5.75 Å². The molecule has 2 rings (SSSR count). The molecule has 1 saturated carbocycles. The highest BCUT2D eigenvalue weighted by molar-refractivity contribution is 8.00. The number of carbonyl (C=O) groups excluding carboxylic acids is 1. The third-order valence-electron chi connectivity index (χ3n) is 3.26. The van der Waals surface area contributed by atoms with Gasteiger partial charge in [-0.1, -0.05) is 24.4 Å². The maximum atomic E-state index is 11.8. The molecule has 1 aromatic carbocycles. The molecule has 5 heteroatoms. The van der Waals surface area contributed by atoms with E-state index in [1.54, 1.807) is 0 Å². The summed E-state index contributed by atoms with van der Waals surface area (Å²) in [5.41, 5.74) is 0. The van der Waals surface area contributed by atoms with Crippen LogP contribution in [0.3, 0.4) is 0 Å². The van der Waals surface area contributed by atoms with E-state index in [0.29, 0.717) is 10.8 Å². The first-order valence-electron chi connectivity index (χ1n) is 6.51. The van der Waals surface area contributed by atoms with Gasteiger partial charge in [-0.2, -0.15) is 0 Å². The highest BCUT2D eigenvalue weighted by atomic mass is 35.5. The van der Waals surface area contributed by atoms with Crippen LogP contribution in [0.1, 0.15) is 25.7 Å². The van der Waals surface area contributed by atoms with Gasteiger partial charge in [-0.3, -0.25) is 4.79 Å². The molecule has 2 atom stereocenters. The zero-order valence-electron chi connectivity index (χ0n) is 10.6. The first-order valence-corrected chi connectivity index (χ1v) is 7.87. The molecule has 1 amide bonds. The van der Waals surface area contributed by atoms with E-state index >= 15 is 0 Å². The maximum Gasteiger partial charge on any atom is 0.230 e. The van der Waals surface area contributed by atoms with Crippen molar-refractivity contribution in [2.24, 2.45) is 0 Å². The number of benzene rings is 1. The predicted octanol–water partition coefficient (Wildman–Crippen LogP) is 2.85. The van der Waals surface area contributed by atoms with Crippen molar-refractivity contribution in [3.05, 3.63) is 29.3 Å². The summed E-state index contributed by atoms with van der Waals surface area (Å²) in [6.07, 6.45) is 3.39. The molecule has 0 aromatic heterocycles. The van der Waals surface area contributed by atoms with E-state index < -0.39 is 6.10 Å². The molecule has 2 unspecified atom stereocenters. The second-order valence-electron chi connectivity index (χ2n) is 4.77. The Morgan fingerprint density at radius 3 is 2.68 bits per heavy atom. The molecule has 0 spiro atoms. The maximum absolute atomic E-state index is 11.8. The molecular formula is C14H18ClNO2S. The van der Waals surface area contributed by atoms with E-state index in [2.05, 4.69) is 5.32 Å². The summed E-state index contributed by atoms with van der Waals surface area (Å²) in [5.74, 6) is 0.344. The van der Waals surface area contributed by atoms with Crippen LogP contribution in [0, 0.1) is 0 Å². The summed E-state index contributed by atoms with van der Waals surface area (Å²) in [6.45, 7) is 0. The standard InChI is InChI=1S/C14H18ClNO2S/c15-10-5-7-11(8-6-10)19-9-14(18)16-12-3-1-2-4-13(12)17/h5-8,12-13,17H,1-4,9H2,(H,16,18).